The molecule has 0 atom stereocenters. The molecule has 0 aliphatic carbocycles. The second kappa shape index (κ2) is 6.86. The molecule has 5 nitrogen and oxygen atoms in total. The number of nitrogens with zero attached hydrogens (tertiary/aromatic N) is 1. The summed E-state index contributed by atoms with van der Waals surface area (Å²) in [6.07, 6.45) is 2.58. The van der Waals surface area contributed by atoms with Crippen molar-refractivity contribution in [2.75, 3.05) is 12.4 Å². The number of nitrogens with one attached hydrogen (secondary N) is 1. The second-order valence-corrected chi connectivity index (χ2v) is 3.33. The molecule has 18 heavy (non-hydrogen) atoms. The van der Waals surface area contributed by atoms with Crippen molar-refractivity contribution in [1.82, 2.24) is 0 Å². The molecule has 1 aromatic rings. The Kier molecular flexibility index (Phi) is 5.13. The van der Waals surface area contributed by atoms with E-state index in [0.29, 0.717) is 11.3 Å². The van der Waals surface area contributed by atoms with Gasteiger partial charge >= 0.3 is 5.97 Å². The molecule has 1 N–H and O–H groups in total. The number of esters is 1. The van der Waals surface area contributed by atoms with Gasteiger partial charge in [0.05, 0.1) is 13.2 Å². The quantitative estimate of drug-likeness (QED) is 0.646. The van der Waals surface area contributed by atoms with Gasteiger partial charge in [-0.25, -0.2) is 4.79 Å². The lowest BCUT2D eigenvalue weighted by molar-refractivity contribution is -0.134. The zero-order chi connectivity index (χ0) is 13.4. The van der Waals surface area contributed by atoms with E-state index in [1.165, 1.54) is 19.3 Å². The van der Waals surface area contributed by atoms with Crippen LogP contribution < -0.4 is 5.32 Å². The van der Waals surface area contributed by atoms with Crippen molar-refractivity contribution in [1.29, 1.82) is 5.26 Å². The lowest BCUT2D eigenvalue weighted by atomic mass is 10.1. The van der Waals surface area contributed by atoms with E-state index < -0.39 is 11.9 Å². The maximum atomic E-state index is 11.3. The summed E-state index contributed by atoms with van der Waals surface area (Å²) in [4.78, 5) is 22.3. The van der Waals surface area contributed by atoms with Crippen LogP contribution in [-0.2, 0) is 14.3 Å². The van der Waals surface area contributed by atoms with Crippen LogP contribution in [0.5, 0.6) is 0 Å². The number of anilines is 1. The highest BCUT2D eigenvalue weighted by Gasteiger charge is 2.04. The average molecular weight is 244 g/mol. The number of carbonyl (C=O) groups excluding carboxylic acids is 2. The normalized spacial score (nSPS) is 9.78. The monoisotopic (exact) mass is 244 g/mol. The first-order valence-corrected chi connectivity index (χ1v) is 5.19. The molecule has 92 valence electrons. The van der Waals surface area contributed by atoms with Crippen LogP contribution in [-0.4, -0.2) is 19.0 Å². The number of para-hydroxylation sites is 1. The number of ether oxygens (including phenoxy) is 1. The lowest BCUT2D eigenvalue weighted by Crippen LogP contribution is -2.11. The summed E-state index contributed by atoms with van der Waals surface area (Å²) in [7, 11) is 1.28. The fourth-order valence-electron chi connectivity index (χ4n) is 1.25. The smallest absolute Gasteiger partial charge is 0.330 e. The standard InChI is InChI=1S/C13H12N2O3/c1-18-13(17)7-6-10-4-2-3-5-11(10)15-12(16)8-9-14/h2-7H,8H2,1H3,(H,15,16). The van der Waals surface area contributed by atoms with E-state index in [0.717, 1.165) is 0 Å². The fraction of sp³-hybridized carbons (Fsp3) is 0.154. The maximum absolute atomic E-state index is 11.3. The Labute approximate surface area is 105 Å². The Hall–Kier alpha value is -2.61. The highest BCUT2D eigenvalue weighted by Crippen LogP contribution is 2.16. The van der Waals surface area contributed by atoms with E-state index in [-0.39, 0.29) is 6.42 Å². The summed E-state index contributed by atoms with van der Waals surface area (Å²) >= 11 is 0. The minimum Gasteiger partial charge on any atom is -0.466 e. The third-order valence-corrected chi connectivity index (χ3v) is 2.07. The molecule has 0 aliphatic rings. The van der Waals surface area contributed by atoms with Crippen molar-refractivity contribution >= 4 is 23.6 Å². The van der Waals surface area contributed by atoms with Gasteiger partial charge < -0.3 is 10.1 Å². The molecule has 0 bridgehead atoms. The number of hydrogen-bond acceptors (Lipinski definition) is 4. The number of rotatable bonds is 4. The molecule has 0 spiro atoms. The lowest BCUT2D eigenvalue weighted by Gasteiger charge is -2.06. The molecule has 0 unspecified atom stereocenters. The second-order valence-electron chi connectivity index (χ2n) is 3.33. The third-order valence-electron chi connectivity index (χ3n) is 2.07. The van der Waals surface area contributed by atoms with Gasteiger partial charge in [-0.1, -0.05) is 18.2 Å². The van der Waals surface area contributed by atoms with E-state index in [9.17, 15) is 9.59 Å². The van der Waals surface area contributed by atoms with Crippen molar-refractivity contribution in [3.05, 3.63) is 35.9 Å². The molecule has 0 saturated heterocycles. The molecule has 1 aromatic carbocycles. The Balaban J connectivity index is 2.86. The van der Waals surface area contributed by atoms with E-state index in [4.69, 9.17) is 5.26 Å². The van der Waals surface area contributed by atoms with Crippen molar-refractivity contribution in [2.24, 2.45) is 0 Å². The highest BCUT2D eigenvalue weighted by atomic mass is 16.5. The van der Waals surface area contributed by atoms with Crippen LogP contribution >= 0.6 is 0 Å². The van der Waals surface area contributed by atoms with Crippen LogP contribution in [0.25, 0.3) is 6.08 Å². The number of methoxy groups -OCH3 is 1. The predicted octanol–water partition coefficient (Wildman–Crippen LogP) is 1.72. The van der Waals surface area contributed by atoms with Gasteiger partial charge in [0.1, 0.15) is 6.42 Å². The van der Waals surface area contributed by atoms with E-state index in [1.807, 2.05) is 0 Å². The maximum Gasteiger partial charge on any atom is 0.330 e. The van der Waals surface area contributed by atoms with Crippen LogP contribution in [0.3, 0.4) is 0 Å². The summed E-state index contributed by atoms with van der Waals surface area (Å²) in [6.45, 7) is 0. The van der Waals surface area contributed by atoms with Crippen molar-refractivity contribution < 1.29 is 14.3 Å². The Morgan fingerprint density at radius 2 is 2.17 bits per heavy atom. The van der Waals surface area contributed by atoms with Gasteiger partial charge in [-0.15, -0.1) is 0 Å². The number of nitriles is 1. The summed E-state index contributed by atoms with van der Waals surface area (Å²) in [5.74, 6) is -0.871. The first-order chi connectivity index (χ1) is 8.67. The first-order valence-electron chi connectivity index (χ1n) is 5.19. The van der Waals surface area contributed by atoms with E-state index in [1.54, 1.807) is 30.3 Å². The summed E-state index contributed by atoms with van der Waals surface area (Å²) < 4.78 is 4.48. The molecule has 0 heterocycles. The Morgan fingerprint density at radius 1 is 1.44 bits per heavy atom. The van der Waals surface area contributed by atoms with Gasteiger partial charge in [0.25, 0.3) is 0 Å². The van der Waals surface area contributed by atoms with E-state index in [2.05, 4.69) is 10.1 Å². The summed E-state index contributed by atoms with van der Waals surface area (Å²) in [6, 6.07) is 8.71. The molecule has 0 aliphatic heterocycles. The topological polar surface area (TPSA) is 79.2 Å². The molecular weight excluding hydrogens is 232 g/mol. The molecule has 1 rings (SSSR count). The average Bonchev–Trinajstić information content (AvgIpc) is 2.37. The van der Waals surface area contributed by atoms with Crippen molar-refractivity contribution in [3.63, 3.8) is 0 Å². The van der Waals surface area contributed by atoms with Gasteiger partial charge in [0, 0.05) is 11.8 Å². The van der Waals surface area contributed by atoms with Crippen LogP contribution in [0.15, 0.2) is 30.3 Å². The molecule has 1 amide bonds. The van der Waals surface area contributed by atoms with Gasteiger partial charge in [0.2, 0.25) is 5.91 Å². The highest BCUT2D eigenvalue weighted by molar-refractivity contribution is 5.95. The minimum atomic E-state index is -0.479. The first kappa shape index (κ1) is 13.5. The van der Waals surface area contributed by atoms with E-state index >= 15 is 0 Å². The minimum absolute atomic E-state index is 0.213. The number of carbonyl (C=O) groups is 2. The summed E-state index contributed by atoms with van der Waals surface area (Å²) in [5, 5.41) is 11.0. The van der Waals surface area contributed by atoms with Crippen LogP contribution in [0.2, 0.25) is 0 Å². The van der Waals surface area contributed by atoms with Crippen LogP contribution in [0.4, 0.5) is 5.69 Å². The van der Waals surface area contributed by atoms with Crippen molar-refractivity contribution in [3.8, 4) is 6.07 Å². The molecule has 0 aromatic heterocycles. The largest absolute Gasteiger partial charge is 0.466 e. The van der Waals surface area contributed by atoms with Gasteiger partial charge in [0.15, 0.2) is 0 Å². The van der Waals surface area contributed by atoms with Gasteiger partial charge in [-0.2, -0.15) is 5.26 Å². The zero-order valence-corrected chi connectivity index (χ0v) is 9.84. The molecule has 0 radical (unpaired) electrons. The van der Waals surface area contributed by atoms with Crippen LogP contribution in [0, 0.1) is 11.3 Å². The SMILES string of the molecule is COC(=O)C=Cc1ccccc1NC(=O)CC#N. The molecule has 0 saturated carbocycles. The Bertz CT molecular complexity index is 515. The summed E-state index contributed by atoms with van der Waals surface area (Å²) in [5.41, 5.74) is 1.20. The number of amides is 1. The predicted molar refractivity (Wildman–Crippen MR) is 66.4 cm³/mol. The van der Waals surface area contributed by atoms with Crippen LogP contribution in [0.1, 0.15) is 12.0 Å². The number of hydrogen-bond donors (Lipinski definition) is 1. The third kappa shape index (κ3) is 4.10. The molecule has 0 fully saturated rings. The fourth-order valence-corrected chi connectivity index (χ4v) is 1.25. The Morgan fingerprint density at radius 3 is 2.83 bits per heavy atom. The van der Waals surface area contributed by atoms with Crippen molar-refractivity contribution in [2.45, 2.75) is 6.42 Å². The number of benzene rings is 1. The van der Waals surface area contributed by atoms with Gasteiger partial charge in [-0.3, -0.25) is 4.79 Å². The molecule has 5 heteroatoms. The molecular formula is C13H12N2O3. The van der Waals surface area contributed by atoms with Gasteiger partial charge in [-0.05, 0) is 17.7 Å². The zero-order valence-electron chi connectivity index (χ0n) is 9.84.